The molecular formula is C21H33N3O5. The molecule has 0 unspecified atom stereocenters. The number of amides is 2. The van der Waals surface area contributed by atoms with Gasteiger partial charge in [-0.05, 0) is 52.0 Å². The highest BCUT2D eigenvalue weighted by Gasteiger charge is 2.24. The van der Waals surface area contributed by atoms with Crippen LogP contribution in [0.4, 0.5) is 4.79 Å². The summed E-state index contributed by atoms with van der Waals surface area (Å²) in [5.41, 5.74) is 6.36. The van der Waals surface area contributed by atoms with Gasteiger partial charge in [0.05, 0.1) is 13.2 Å². The fraction of sp³-hybridized carbons (Fsp3) is 0.571. The zero-order valence-corrected chi connectivity index (χ0v) is 17.7. The van der Waals surface area contributed by atoms with Crippen molar-refractivity contribution in [2.45, 2.75) is 64.1 Å². The van der Waals surface area contributed by atoms with Gasteiger partial charge in [0.15, 0.2) is 0 Å². The smallest absolute Gasteiger partial charge is 0.407 e. The van der Waals surface area contributed by atoms with E-state index in [-0.39, 0.29) is 0 Å². The molecule has 0 aromatic heterocycles. The summed E-state index contributed by atoms with van der Waals surface area (Å²) in [5.74, 6) is -0.929. The molecule has 0 bridgehead atoms. The van der Waals surface area contributed by atoms with Crippen LogP contribution in [0.15, 0.2) is 30.3 Å². The highest BCUT2D eigenvalue weighted by Crippen LogP contribution is 2.08. The molecule has 0 aliphatic carbocycles. The molecule has 0 fully saturated rings. The van der Waals surface area contributed by atoms with Crippen molar-refractivity contribution in [3.63, 3.8) is 0 Å². The van der Waals surface area contributed by atoms with E-state index < -0.39 is 35.7 Å². The number of carbonyl (C=O) groups is 3. The Bertz CT molecular complexity index is 658. The van der Waals surface area contributed by atoms with Crippen molar-refractivity contribution in [3.8, 4) is 0 Å². The Morgan fingerprint density at radius 2 is 1.76 bits per heavy atom. The lowest BCUT2D eigenvalue weighted by molar-refractivity contribution is -0.145. The van der Waals surface area contributed by atoms with Crippen molar-refractivity contribution >= 4 is 18.0 Å². The SMILES string of the molecule is COC(=O)[C@H](CCCCNC(=O)OC(C)(C)C)NC(=O)[C@@H](N)Cc1ccccc1. The minimum Gasteiger partial charge on any atom is -0.467 e. The van der Waals surface area contributed by atoms with E-state index in [0.717, 1.165) is 5.56 Å². The number of hydrogen-bond acceptors (Lipinski definition) is 6. The molecule has 8 nitrogen and oxygen atoms in total. The van der Waals surface area contributed by atoms with Crippen LogP contribution < -0.4 is 16.4 Å². The van der Waals surface area contributed by atoms with E-state index in [9.17, 15) is 14.4 Å². The van der Waals surface area contributed by atoms with Crippen molar-refractivity contribution in [1.29, 1.82) is 0 Å². The summed E-state index contributed by atoms with van der Waals surface area (Å²) in [7, 11) is 1.27. The predicted octanol–water partition coefficient (Wildman–Crippen LogP) is 1.91. The molecule has 0 spiro atoms. The molecular weight excluding hydrogens is 374 g/mol. The van der Waals surface area contributed by atoms with Gasteiger partial charge < -0.3 is 25.8 Å². The zero-order chi connectivity index (χ0) is 21.9. The van der Waals surface area contributed by atoms with Crippen LogP contribution in [0.2, 0.25) is 0 Å². The molecule has 0 saturated heterocycles. The first-order valence-electron chi connectivity index (χ1n) is 9.77. The third kappa shape index (κ3) is 10.5. The Labute approximate surface area is 172 Å². The molecule has 1 rings (SSSR count). The Hall–Kier alpha value is -2.61. The van der Waals surface area contributed by atoms with E-state index in [1.165, 1.54) is 7.11 Å². The molecule has 0 saturated carbocycles. The van der Waals surface area contributed by atoms with Gasteiger partial charge >= 0.3 is 12.1 Å². The molecule has 0 aliphatic heterocycles. The largest absolute Gasteiger partial charge is 0.467 e. The maximum atomic E-state index is 12.4. The topological polar surface area (TPSA) is 120 Å². The summed E-state index contributed by atoms with van der Waals surface area (Å²) in [4.78, 5) is 36.0. The molecule has 2 atom stereocenters. The summed E-state index contributed by atoms with van der Waals surface area (Å²) in [6, 6.07) is 7.88. The number of benzene rings is 1. The third-order valence-electron chi connectivity index (χ3n) is 4.03. The Kier molecular flexibility index (Phi) is 10.2. The maximum Gasteiger partial charge on any atom is 0.407 e. The molecule has 0 aliphatic rings. The number of ether oxygens (including phenoxy) is 2. The van der Waals surface area contributed by atoms with Gasteiger partial charge in [0, 0.05) is 6.54 Å². The highest BCUT2D eigenvalue weighted by atomic mass is 16.6. The maximum absolute atomic E-state index is 12.4. The summed E-state index contributed by atoms with van der Waals surface area (Å²) < 4.78 is 9.93. The average Bonchev–Trinajstić information content (AvgIpc) is 2.65. The second kappa shape index (κ2) is 12.1. The van der Waals surface area contributed by atoms with E-state index >= 15 is 0 Å². The summed E-state index contributed by atoms with van der Waals surface area (Å²) >= 11 is 0. The number of rotatable bonds is 10. The van der Waals surface area contributed by atoms with Gasteiger partial charge in [0.2, 0.25) is 5.91 Å². The second-order valence-corrected chi connectivity index (χ2v) is 7.81. The quantitative estimate of drug-likeness (QED) is 0.403. The highest BCUT2D eigenvalue weighted by molar-refractivity contribution is 5.87. The van der Waals surface area contributed by atoms with Gasteiger partial charge in [-0.15, -0.1) is 0 Å². The van der Waals surface area contributed by atoms with E-state index in [0.29, 0.717) is 32.2 Å². The number of alkyl carbamates (subject to hydrolysis) is 1. The van der Waals surface area contributed by atoms with Crippen molar-refractivity contribution in [2.24, 2.45) is 5.73 Å². The first-order chi connectivity index (χ1) is 13.6. The van der Waals surface area contributed by atoms with Crippen molar-refractivity contribution in [3.05, 3.63) is 35.9 Å². The second-order valence-electron chi connectivity index (χ2n) is 7.81. The van der Waals surface area contributed by atoms with Gasteiger partial charge in [-0.1, -0.05) is 30.3 Å². The lowest BCUT2D eigenvalue weighted by Crippen LogP contribution is -2.49. The van der Waals surface area contributed by atoms with Crippen LogP contribution >= 0.6 is 0 Å². The summed E-state index contributed by atoms with van der Waals surface area (Å²) in [6.07, 6.45) is 1.50. The van der Waals surface area contributed by atoms with Crippen LogP contribution in [0.5, 0.6) is 0 Å². The van der Waals surface area contributed by atoms with Crippen LogP contribution in [0.1, 0.15) is 45.6 Å². The molecule has 1 aromatic carbocycles. The molecule has 2 amide bonds. The standard InChI is InChI=1S/C21H33N3O5/c1-21(2,3)29-20(27)23-13-9-8-12-17(19(26)28-4)24-18(25)16(22)14-15-10-6-5-7-11-15/h5-7,10-11,16-17H,8-9,12-14,22H2,1-4H3,(H,23,27)(H,24,25)/t16-,17-/m0/s1. The van der Waals surface area contributed by atoms with Gasteiger partial charge in [0.1, 0.15) is 11.6 Å². The molecule has 162 valence electrons. The minimum atomic E-state index is -0.782. The van der Waals surface area contributed by atoms with Crippen LogP contribution in [-0.2, 0) is 25.5 Å². The number of carbonyl (C=O) groups excluding carboxylic acids is 3. The van der Waals surface area contributed by atoms with E-state index in [2.05, 4.69) is 10.6 Å². The van der Waals surface area contributed by atoms with Gasteiger partial charge in [0.25, 0.3) is 0 Å². The van der Waals surface area contributed by atoms with Crippen LogP contribution in [-0.4, -0.2) is 49.3 Å². The van der Waals surface area contributed by atoms with E-state index in [4.69, 9.17) is 15.2 Å². The number of esters is 1. The molecule has 4 N–H and O–H groups in total. The molecule has 8 heteroatoms. The lowest BCUT2D eigenvalue weighted by Gasteiger charge is -2.20. The summed E-state index contributed by atoms with van der Waals surface area (Å²) in [6.45, 7) is 5.78. The third-order valence-corrected chi connectivity index (χ3v) is 4.03. The lowest BCUT2D eigenvalue weighted by atomic mass is 10.0. The molecule has 1 aromatic rings. The predicted molar refractivity (Wildman–Crippen MR) is 110 cm³/mol. The van der Waals surface area contributed by atoms with Gasteiger partial charge in [-0.2, -0.15) is 0 Å². The van der Waals surface area contributed by atoms with Crippen molar-refractivity contribution in [2.75, 3.05) is 13.7 Å². The van der Waals surface area contributed by atoms with Crippen molar-refractivity contribution < 1.29 is 23.9 Å². The van der Waals surface area contributed by atoms with Gasteiger partial charge in [-0.3, -0.25) is 4.79 Å². The first kappa shape index (κ1) is 24.4. The zero-order valence-electron chi connectivity index (χ0n) is 17.7. The van der Waals surface area contributed by atoms with Crippen LogP contribution in [0.25, 0.3) is 0 Å². The van der Waals surface area contributed by atoms with Gasteiger partial charge in [-0.25, -0.2) is 9.59 Å². The first-order valence-corrected chi connectivity index (χ1v) is 9.77. The number of nitrogens with one attached hydrogen (secondary N) is 2. The Morgan fingerprint density at radius 1 is 1.10 bits per heavy atom. The van der Waals surface area contributed by atoms with Crippen LogP contribution in [0.3, 0.4) is 0 Å². The fourth-order valence-corrected chi connectivity index (χ4v) is 2.61. The molecule has 0 radical (unpaired) electrons. The number of unbranched alkanes of at least 4 members (excludes halogenated alkanes) is 1. The number of methoxy groups -OCH3 is 1. The molecule has 29 heavy (non-hydrogen) atoms. The van der Waals surface area contributed by atoms with E-state index in [1.807, 2.05) is 30.3 Å². The monoisotopic (exact) mass is 407 g/mol. The molecule has 0 heterocycles. The minimum absolute atomic E-state index is 0.375. The average molecular weight is 408 g/mol. The van der Waals surface area contributed by atoms with E-state index in [1.54, 1.807) is 20.8 Å². The Morgan fingerprint density at radius 3 is 2.34 bits per heavy atom. The fourth-order valence-electron chi connectivity index (χ4n) is 2.61. The van der Waals surface area contributed by atoms with Crippen LogP contribution in [0, 0.1) is 0 Å². The number of nitrogens with two attached hydrogens (primary N) is 1. The number of hydrogen-bond donors (Lipinski definition) is 3. The normalized spacial score (nSPS) is 13.1. The summed E-state index contributed by atoms with van der Waals surface area (Å²) in [5, 5.41) is 5.33. The Balaban J connectivity index is 2.42. The van der Waals surface area contributed by atoms with Crippen molar-refractivity contribution in [1.82, 2.24) is 10.6 Å².